The first kappa shape index (κ1) is 17.0. The Balaban J connectivity index is 1.45. The number of anilines is 1. The van der Waals surface area contributed by atoms with Crippen LogP contribution in [0.15, 0.2) is 18.2 Å². The average Bonchev–Trinajstić information content (AvgIpc) is 3.26. The second kappa shape index (κ2) is 6.72. The van der Waals surface area contributed by atoms with Gasteiger partial charge in [0.2, 0.25) is 17.7 Å². The van der Waals surface area contributed by atoms with Crippen LogP contribution in [0.2, 0.25) is 0 Å². The van der Waals surface area contributed by atoms with Crippen LogP contribution in [-0.2, 0) is 32.0 Å². The number of rotatable bonds is 3. The molecule has 7 heteroatoms. The third-order valence-electron chi connectivity index (χ3n) is 5.56. The lowest BCUT2D eigenvalue weighted by Crippen LogP contribution is -2.52. The van der Waals surface area contributed by atoms with Gasteiger partial charge in [0.1, 0.15) is 0 Å². The molecule has 26 heavy (non-hydrogen) atoms. The topological polar surface area (TPSA) is 92.9 Å². The predicted molar refractivity (Wildman–Crippen MR) is 94.4 cm³/mol. The highest BCUT2D eigenvalue weighted by atomic mass is 16.5. The molecule has 0 aromatic heterocycles. The van der Waals surface area contributed by atoms with Crippen LogP contribution in [0.25, 0.3) is 0 Å². The quantitative estimate of drug-likeness (QED) is 0.839. The van der Waals surface area contributed by atoms with Crippen LogP contribution in [0.1, 0.15) is 24.0 Å². The Labute approximate surface area is 152 Å². The molecule has 3 aliphatic rings. The molecular weight excluding hydrogens is 334 g/mol. The number of morpholine rings is 1. The van der Waals surface area contributed by atoms with Gasteiger partial charge in [0.25, 0.3) is 0 Å². The van der Waals surface area contributed by atoms with Gasteiger partial charge in [-0.15, -0.1) is 0 Å². The number of primary amides is 1. The molecule has 2 heterocycles. The van der Waals surface area contributed by atoms with E-state index in [1.54, 1.807) is 9.80 Å². The molecule has 138 valence electrons. The molecule has 4 rings (SSSR count). The number of nitrogens with zero attached hydrogens (tertiary/aromatic N) is 2. The Bertz CT molecular complexity index is 763. The van der Waals surface area contributed by atoms with E-state index in [0.29, 0.717) is 13.1 Å². The monoisotopic (exact) mass is 357 g/mol. The van der Waals surface area contributed by atoms with Crippen molar-refractivity contribution >= 4 is 23.4 Å². The maximum atomic E-state index is 12.8. The number of carbonyl (C=O) groups excluding carboxylic acids is 3. The molecule has 2 N–H and O–H groups in total. The lowest BCUT2D eigenvalue weighted by Gasteiger charge is -2.32. The Morgan fingerprint density at radius 2 is 1.96 bits per heavy atom. The molecule has 0 radical (unpaired) electrons. The number of nitrogens with two attached hydrogens (primary N) is 1. The first-order chi connectivity index (χ1) is 12.5. The number of carbonyl (C=O) groups is 3. The first-order valence-electron chi connectivity index (χ1n) is 9.15. The molecule has 2 saturated heterocycles. The van der Waals surface area contributed by atoms with E-state index in [9.17, 15) is 14.4 Å². The minimum absolute atomic E-state index is 0.0268. The number of hydrogen-bond donors (Lipinski definition) is 1. The van der Waals surface area contributed by atoms with Crippen LogP contribution in [0.4, 0.5) is 5.69 Å². The van der Waals surface area contributed by atoms with E-state index in [4.69, 9.17) is 10.5 Å². The molecule has 2 unspecified atom stereocenters. The molecule has 2 fully saturated rings. The largest absolute Gasteiger partial charge is 0.367 e. The zero-order chi connectivity index (χ0) is 18.3. The van der Waals surface area contributed by atoms with Crippen LogP contribution in [0, 0.1) is 5.92 Å². The van der Waals surface area contributed by atoms with Crippen molar-refractivity contribution in [2.45, 2.75) is 31.8 Å². The molecule has 0 bridgehead atoms. The standard InChI is InChI=1S/C19H23N3O4/c20-18(24)16-11-21(6-7-26-16)19(25)14-9-17(23)22(10-14)15-5-4-12-2-1-3-13(12)8-15/h4-5,8,14,16H,1-3,6-7,9-11H2,(H2,20,24). The second-order valence-corrected chi connectivity index (χ2v) is 7.26. The SMILES string of the molecule is NC(=O)C1CN(C(=O)C2CC(=O)N(c3ccc4c(c3)CCC4)C2)CCO1. The van der Waals surface area contributed by atoms with Gasteiger partial charge in [-0.1, -0.05) is 6.07 Å². The number of benzene rings is 1. The zero-order valence-corrected chi connectivity index (χ0v) is 14.6. The molecule has 1 aromatic rings. The summed E-state index contributed by atoms with van der Waals surface area (Å²) >= 11 is 0. The maximum absolute atomic E-state index is 12.8. The van der Waals surface area contributed by atoms with E-state index < -0.39 is 12.0 Å². The minimum atomic E-state index is -0.766. The number of fused-ring (bicyclic) bond motifs is 1. The highest BCUT2D eigenvalue weighted by molar-refractivity contribution is 6.00. The highest BCUT2D eigenvalue weighted by Gasteiger charge is 2.39. The van der Waals surface area contributed by atoms with E-state index in [1.807, 2.05) is 6.07 Å². The third kappa shape index (κ3) is 3.07. The molecule has 3 amide bonds. The summed E-state index contributed by atoms with van der Waals surface area (Å²) in [6, 6.07) is 6.16. The van der Waals surface area contributed by atoms with E-state index >= 15 is 0 Å². The van der Waals surface area contributed by atoms with E-state index in [-0.39, 0.29) is 37.3 Å². The van der Waals surface area contributed by atoms with Crippen LogP contribution in [-0.4, -0.2) is 55.0 Å². The van der Waals surface area contributed by atoms with Crippen molar-refractivity contribution in [1.29, 1.82) is 0 Å². The lowest BCUT2D eigenvalue weighted by molar-refractivity contribution is -0.148. The van der Waals surface area contributed by atoms with Gasteiger partial charge in [-0.3, -0.25) is 14.4 Å². The summed E-state index contributed by atoms with van der Waals surface area (Å²) in [5, 5.41) is 0. The summed E-state index contributed by atoms with van der Waals surface area (Å²) in [6.45, 7) is 1.26. The molecule has 0 saturated carbocycles. The van der Waals surface area contributed by atoms with E-state index in [1.165, 1.54) is 11.1 Å². The second-order valence-electron chi connectivity index (χ2n) is 7.26. The van der Waals surface area contributed by atoms with Crippen LogP contribution in [0.5, 0.6) is 0 Å². The number of hydrogen-bond acceptors (Lipinski definition) is 4. The lowest BCUT2D eigenvalue weighted by atomic mass is 10.1. The van der Waals surface area contributed by atoms with Crippen molar-refractivity contribution in [3.8, 4) is 0 Å². The Kier molecular flexibility index (Phi) is 4.40. The van der Waals surface area contributed by atoms with Crippen molar-refractivity contribution in [1.82, 2.24) is 4.90 Å². The molecule has 2 aliphatic heterocycles. The van der Waals surface area contributed by atoms with Crippen molar-refractivity contribution in [2.75, 3.05) is 31.1 Å². The third-order valence-corrected chi connectivity index (χ3v) is 5.56. The predicted octanol–water partition coefficient (Wildman–Crippen LogP) is 0.241. The van der Waals surface area contributed by atoms with Crippen LogP contribution in [0.3, 0.4) is 0 Å². The fraction of sp³-hybridized carbons (Fsp3) is 0.526. The Morgan fingerprint density at radius 1 is 1.15 bits per heavy atom. The molecule has 0 spiro atoms. The smallest absolute Gasteiger partial charge is 0.248 e. The summed E-state index contributed by atoms with van der Waals surface area (Å²) in [5.74, 6) is -1.08. The highest BCUT2D eigenvalue weighted by Crippen LogP contribution is 2.31. The summed E-state index contributed by atoms with van der Waals surface area (Å²) in [5.41, 5.74) is 8.83. The number of ether oxygens (including phenoxy) is 1. The van der Waals surface area contributed by atoms with Gasteiger partial charge in [-0.2, -0.15) is 0 Å². The fourth-order valence-corrected chi connectivity index (χ4v) is 4.13. The number of aryl methyl sites for hydroxylation is 2. The van der Waals surface area contributed by atoms with Crippen molar-refractivity contribution in [3.05, 3.63) is 29.3 Å². The summed E-state index contributed by atoms with van der Waals surface area (Å²) in [6.07, 6.45) is 2.75. The van der Waals surface area contributed by atoms with Gasteiger partial charge in [-0.25, -0.2) is 0 Å². The van der Waals surface area contributed by atoms with Gasteiger partial charge < -0.3 is 20.3 Å². The first-order valence-corrected chi connectivity index (χ1v) is 9.15. The molecule has 1 aliphatic carbocycles. The van der Waals surface area contributed by atoms with E-state index in [0.717, 1.165) is 24.9 Å². The van der Waals surface area contributed by atoms with Crippen molar-refractivity contribution in [2.24, 2.45) is 11.7 Å². The molecule has 2 atom stereocenters. The molecule has 7 nitrogen and oxygen atoms in total. The van der Waals surface area contributed by atoms with Gasteiger partial charge >= 0.3 is 0 Å². The van der Waals surface area contributed by atoms with Crippen LogP contribution >= 0.6 is 0 Å². The molecular formula is C19H23N3O4. The van der Waals surface area contributed by atoms with Gasteiger partial charge in [-0.05, 0) is 42.5 Å². The van der Waals surface area contributed by atoms with Gasteiger partial charge in [0.05, 0.1) is 19.1 Å². The number of amides is 3. The normalized spacial score (nSPS) is 25.5. The van der Waals surface area contributed by atoms with E-state index in [2.05, 4.69) is 12.1 Å². The minimum Gasteiger partial charge on any atom is -0.367 e. The van der Waals surface area contributed by atoms with Crippen molar-refractivity contribution in [3.63, 3.8) is 0 Å². The summed E-state index contributed by atoms with van der Waals surface area (Å²) in [4.78, 5) is 40.0. The van der Waals surface area contributed by atoms with Gasteiger partial charge in [0, 0.05) is 25.2 Å². The summed E-state index contributed by atoms with van der Waals surface area (Å²) in [7, 11) is 0. The Hall–Kier alpha value is -2.41. The average molecular weight is 357 g/mol. The summed E-state index contributed by atoms with van der Waals surface area (Å²) < 4.78 is 5.29. The van der Waals surface area contributed by atoms with Crippen LogP contribution < -0.4 is 10.6 Å². The Morgan fingerprint density at radius 3 is 2.77 bits per heavy atom. The zero-order valence-electron chi connectivity index (χ0n) is 14.6. The van der Waals surface area contributed by atoms with Gasteiger partial charge in [0.15, 0.2) is 6.10 Å². The molecule has 1 aromatic carbocycles. The maximum Gasteiger partial charge on any atom is 0.248 e. The fourth-order valence-electron chi connectivity index (χ4n) is 4.13. The van der Waals surface area contributed by atoms with Crippen molar-refractivity contribution < 1.29 is 19.1 Å².